The van der Waals surface area contributed by atoms with Crippen molar-refractivity contribution in [2.75, 3.05) is 0 Å². The van der Waals surface area contributed by atoms with Crippen LogP contribution in [0.3, 0.4) is 0 Å². The second-order valence-corrected chi connectivity index (χ2v) is 17.9. The van der Waals surface area contributed by atoms with Crippen LogP contribution in [0.2, 0.25) is 0 Å². The maximum absolute atomic E-state index is 11.4. The normalized spacial score (nSPS) is 12.7. The molecule has 0 unspecified atom stereocenters. The fraction of sp³-hybridized carbons (Fsp3) is 0.100. The summed E-state index contributed by atoms with van der Waals surface area (Å²) in [5, 5.41) is 11.4. The number of benzene rings is 8. The van der Waals surface area contributed by atoms with E-state index >= 15 is 0 Å². The predicted octanol–water partition coefficient (Wildman–Crippen LogP) is 14.9. The van der Waals surface area contributed by atoms with E-state index in [-0.39, 0.29) is 37.6 Å². The van der Waals surface area contributed by atoms with Gasteiger partial charge in [0, 0.05) is 49.3 Å². The standard InChI is InChI=1S/C60H46N3O.Pt/c1-59(2,43-20-9-6-10-21-43)44-32-30-39(31-33-44)41-34-35-61-52(38-41)42-36-49(56-47-23-11-14-26-50(47)60(3,4)51(56)37-42)46-25-17-28-54-57(46)62-58(48-24-13-16-29-55(48)64)63(54)53-27-15-12-22-45(53)40-18-7-5-8-19-40;/h5-35,37-38,64H,1-4H3;/q-1;. The zero-order valence-electron chi connectivity index (χ0n) is 36.7. The van der Waals surface area contributed by atoms with E-state index < -0.39 is 0 Å². The van der Waals surface area contributed by atoms with Gasteiger partial charge in [-0.1, -0.05) is 208 Å². The minimum atomic E-state index is -0.285. The van der Waals surface area contributed by atoms with E-state index in [0.29, 0.717) is 11.4 Å². The number of hydrogen-bond acceptors (Lipinski definition) is 3. The van der Waals surface area contributed by atoms with Crippen molar-refractivity contribution >= 4 is 11.0 Å². The van der Waals surface area contributed by atoms with E-state index in [2.05, 4.69) is 202 Å². The van der Waals surface area contributed by atoms with Crippen molar-refractivity contribution in [3.05, 3.63) is 229 Å². The van der Waals surface area contributed by atoms with Crippen molar-refractivity contribution in [3.63, 3.8) is 0 Å². The van der Waals surface area contributed by atoms with Gasteiger partial charge in [0.15, 0.2) is 0 Å². The summed E-state index contributed by atoms with van der Waals surface area (Å²) >= 11 is 0. The van der Waals surface area contributed by atoms with Crippen molar-refractivity contribution in [2.24, 2.45) is 0 Å². The summed E-state index contributed by atoms with van der Waals surface area (Å²) in [6.07, 6.45) is 1.91. The number of para-hydroxylation sites is 3. The monoisotopic (exact) mass is 1020 g/mol. The number of fused-ring (bicyclic) bond motifs is 4. The van der Waals surface area contributed by atoms with Gasteiger partial charge in [-0.3, -0.25) is 9.55 Å². The maximum atomic E-state index is 11.4. The van der Waals surface area contributed by atoms with Crippen LogP contribution in [-0.4, -0.2) is 19.6 Å². The van der Waals surface area contributed by atoms with Gasteiger partial charge < -0.3 is 5.11 Å². The molecule has 0 amide bonds. The Morgan fingerprint density at radius 3 is 1.94 bits per heavy atom. The maximum Gasteiger partial charge on any atom is 0.148 e. The molecule has 0 spiro atoms. The average Bonchev–Trinajstić information content (AvgIpc) is 3.84. The molecule has 11 rings (SSSR count). The summed E-state index contributed by atoms with van der Waals surface area (Å²) in [7, 11) is 0. The van der Waals surface area contributed by atoms with Crippen molar-refractivity contribution in [1.82, 2.24) is 14.5 Å². The van der Waals surface area contributed by atoms with Crippen molar-refractivity contribution < 1.29 is 26.2 Å². The van der Waals surface area contributed by atoms with Crippen LogP contribution in [0.15, 0.2) is 200 Å². The molecular weight excluding hydrogens is 974 g/mol. The quantitative estimate of drug-likeness (QED) is 0.154. The molecule has 10 aromatic rings. The van der Waals surface area contributed by atoms with Gasteiger partial charge in [-0.25, -0.2) is 4.98 Å². The van der Waals surface area contributed by atoms with Gasteiger partial charge in [0.1, 0.15) is 11.6 Å². The van der Waals surface area contributed by atoms with Crippen LogP contribution < -0.4 is 0 Å². The van der Waals surface area contributed by atoms with Crippen LogP contribution in [-0.2, 0) is 31.9 Å². The van der Waals surface area contributed by atoms with E-state index in [1.165, 1.54) is 27.8 Å². The number of phenolic OH excluding ortho intramolecular Hbond substituents is 1. The molecule has 0 atom stereocenters. The molecular formula is C60H46N3OPt-. The van der Waals surface area contributed by atoms with Gasteiger partial charge in [-0.2, -0.15) is 0 Å². The van der Waals surface area contributed by atoms with Gasteiger partial charge >= 0.3 is 0 Å². The summed E-state index contributed by atoms with van der Waals surface area (Å²) < 4.78 is 2.20. The zero-order chi connectivity index (χ0) is 43.6. The summed E-state index contributed by atoms with van der Waals surface area (Å²) in [5.74, 6) is 0.827. The molecule has 1 aliphatic carbocycles. The van der Waals surface area contributed by atoms with Gasteiger partial charge in [0.2, 0.25) is 0 Å². The van der Waals surface area contributed by atoms with Crippen LogP contribution in [0, 0.1) is 6.07 Å². The molecule has 0 fully saturated rings. The second kappa shape index (κ2) is 16.5. The summed E-state index contributed by atoms with van der Waals surface area (Å²) in [6, 6.07) is 71.8. The van der Waals surface area contributed by atoms with Crippen molar-refractivity contribution in [2.45, 2.75) is 38.5 Å². The van der Waals surface area contributed by atoms with Crippen molar-refractivity contribution in [3.8, 4) is 78.6 Å². The first kappa shape index (κ1) is 41.9. The number of aromatic nitrogens is 3. The second-order valence-electron chi connectivity index (χ2n) is 17.9. The fourth-order valence-electron chi connectivity index (χ4n) is 9.87. The Balaban J connectivity index is 0.00000498. The third kappa shape index (κ3) is 7.05. The summed E-state index contributed by atoms with van der Waals surface area (Å²) in [6.45, 7) is 9.20. The Morgan fingerprint density at radius 1 is 0.554 bits per heavy atom. The number of imidazole rings is 1. The zero-order valence-corrected chi connectivity index (χ0v) is 38.9. The number of rotatable bonds is 8. The molecule has 4 nitrogen and oxygen atoms in total. The Labute approximate surface area is 395 Å². The molecule has 1 aliphatic rings. The summed E-state index contributed by atoms with van der Waals surface area (Å²) in [5.41, 5.74) is 18.5. The van der Waals surface area contributed by atoms with Gasteiger partial charge in [-0.05, 0) is 69.3 Å². The first-order valence-electron chi connectivity index (χ1n) is 22.0. The van der Waals surface area contributed by atoms with Gasteiger partial charge in [0.05, 0.1) is 22.3 Å². The van der Waals surface area contributed by atoms with Crippen LogP contribution in [0.25, 0.3) is 83.9 Å². The Kier molecular flexibility index (Phi) is 10.6. The minimum absolute atomic E-state index is 0. The molecule has 0 radical (unpaired) electrons. The molecule has 5 heteroatoms. The van der Waals surface area contributed by atoms with Gasteiger partial charge in [0.25, 0.3) is 0 Å². The smallest absolute Gasteiger partial charge is 0.148 e. The van der Waals surface area contributed by atoms with E-state index in [4.69, 9.17) is 9.97 Å². The predicted molar refractivity (Wildman–Crippen MR) is 263 cm³/mol. The SMILES string of the molecule is CC(C)(c1ccccc1)c1ccc(-c2ccnc(-c3[c-]c(-c4cccc5c4nc(-c4ccccc4O)n5-c4ccccc4-c4ccccc4)c4c(c3)C(C)(C)c3ccccc3-4)c2)cc1.[Pt]. The minimum Gasteiger partial charge on any atom is -0.507 e. The van der Waals surface area contributed by atoms with Crippen molar-refractivity contribution in [1.29, 1.82) is 0 Å². The molecule has 0 bridgehead atoms. The number of aromatic hydroxyl groups is 1. The number of nitrogens with zero attached hydrogens (tertiary/aromatic N) is 3. The molecule has 0 aliphatic heterocycles. The fourth-order valence-corrected chi connectivity index (χ4v) is 9.87. The van der Waals surface area contributed by atoms with E-state index in [9.17, 15) is 5.11 Å². The Morgan fingerprint density at radius 2 is 1.18 bits per heavy atom. The Bertz CT molecular complexity index is 3390. The van der Waals surface area contributed by atoms with Crippen LogP contribution in [0.1, 0.15) is 49.9 Å². The summed E-state index contributed by atoms with van der Waals surface area (Å²) in [4.78, 5) is 10.5. The number of phenols is 1. The molecule has 0 saturated heterocycles. The first-order chi connectivity index (χ1) is 31.2. The molecule has 318 valence electrons. The third-order valence-corrected chi connectivity index (χ3v) is 13.4. The van der Waals surface area contributed by atoms with Crippen LogP contribution in [0.4, 0.5) is 0 Å². The third-order valence-electron chi connectivity index (χ3n) is 13.4. The average molecular weight is 1020 g/mol. The largest absolute Gasteiger partial charge is 0.507 e. The van der Waals surface area contributed by atoms with Crippen LogP contribution >= 0.6 is 0 Å². The van der Waals surface area contributed by atoms with E-state index in [0.717, 1.165) is 66.9 Å². The Hall–Kier alpha value is -7.13. The molecule has 0 saturated carbocycles. The molecule has 65 heavy (non-hydrogen) atoms. The molecule has 8 aromatic carbocycles. The van der Waals surface area contributed by atoms with Crippen LogP contribution in [0.5, 0.6) is 5.75 Å². The molecule has 2 heterocycles. The number of hydrogen-bond donors (Lipinski definition) is 1. The number of pyridine rings is 1. The van der Waals surface area contributed by atoms with E-state index in [1.54, 1.807) is 6.07 Å². The molecule has 1 N–H and O–H groups in total. The van der Waals surface area contributed by atoms with E-state index in [1.807, 2.05) is 30.5 Å². The first-order valence-corrected chi connectivity index (χ1v) is 22.0. The molecule has 2 aromatic heterocycles. The van der Waals surface area contributed by atoms with Gasteiger partial charge in [-0.15, -0.1) is 17.7 Å². The topological polar surface area (TPSA) is 50.9 Å².